The Morgan fingerprint density at radius 3 is 1.77 bits per heavy atom. The smallest absolute Gasteiger partial charge is 0.189 e. The molecule has 3 unspecified atom stereocenters. The monoisotopic (exact) mass is 435 g/mol. The molecule has 3 nitrogen and oxygen atoms in total. The van der Waals surface area contributed by atoms with Gasteiger partial charge in [-0.1, -0.05) is 96.1 Å². The van der Waals surface area contributed by atoms with Crippen LogP contribution in [0.3, 0.4) is 0 Å². The van der Waals surface area contributed by atoms with Crippen LogP contribution in [0.25, 0.3) is 0 Å². The zero-order chi connectivity index (χ0) is 22.6. The second-order valence-electron chi connectivity index (χ2n) is 9.83. The molecule has 0 bridgehead atoms. The van der Waals surface area contributed by atoms with E-state index >= 15 is 0 Å². The first-order valence-corrected chi connectivity index (χ1v) is 13.9. The van der Waals surface area contributed by atoms with Crippen LogP contribution in [0.1, 0.15) is 136 Å². The van der Waals surface area contributed by atoms with E-state index in [2.05, 4.69) is 31.0 Å². The van der Waals surface area contributed by atoms with E-state index in [1.54, 1.807) is 0 Å². The molecule has 0 saturated heterocycles. The molecule has 0 aromatic heterocycles. The van der Waals surface area contributed by atoms with Gasteiger partial charge in [0.05, 0.1) is 12.8 Å². The molecular weight excluding hydrogens is 380 g/mol. The van der Waals surface area contributed by atoms with E-state index in [1.807, 2.05) is 13.1 Å². The summed E-state index contributed by atoms with van der Waals surface area (Å²) in [5, 5.41) is 10.2. The van der Waals surface area contributed by atoms with Gasteiger partial charge in [-0.3, -0.25) is 4.48 Å². The first kappa shape index (κ1) is 28.4. The second kappa shape index (κ2) is 18.9. The highest BCUT2D eigenvalue weighted by Crippen LogP contribution is 2.26. The summed E-state index contributed by atoms with van der Waals surface area (Å²) in [7, 11) is 0. The number of quaternary nitrogens is 1. The molecular formula is C28H55N2O+. The molecule has 0 saturated carbocycles. The predicted molar refractivity (Wildman–Crippen MR) is 138 cm³/mol. The number of aliphatic hydroxyl groups is 1. The molecule has 1 aliphatic rings. The summed E-state index contributed by atoms with van der Waals surface area (Å²) in [5.41, 5.74) is 0. The third-order valence-electron chi connectivity index (χ3n) is 7.35. The van der Waals surface area contributed by atoms with E-state index in [0.29, 0.717) is 0 Å². The predicted octanol–water partition coefficient (Wildman–Crippen LogP) is 8.17. The highest BCUT2D eigenvalue weighted by Gasteiger charge is 2.41. The molecule has 0 aliphatic carbocycles. The minimum Gasteiger partial charge on any atom is -0.345 e. The molecule has 31 heavy (non-hydrogen) atoms. The summed E-state index contributed by atoms with van der Waals surface area (Å²) in [6.07, 6.45) is 31.3. The van der Waals surface area contributed by atoms with Crippen molar-refractivity contribution in [2.24, 2.45) is 4.99 Å². The SMILES string of the molecule is CCCCCCCCCC/C=C/CCCCCCCCCC1N=CC[N+]1(CC)C(C)O. The Hall–Kier alpha value is -0.670. The molecule has 0 aromatic carbocycles. The number of hydrogen-bond donors (Lipinski definition) is 1. The largest absolute Gasteiger partial charge is 0.345 e. The van der Waals surface area contributed by atoms with Crippen molar-refractivity contribution in [3.63, 3.8) is 0 Å². The third-order valence-corrected chi connectivity index (χ3v) is 7.35. The summed E-state index contributed by atoms with van der Waals surface area (Å²) in [5.74, 6) is 0. The molecule has 0 radical (unpaired) electrons. The zero-order valence-electron chi connectivity index (χ0n) is 21.4. The van der Waals surface area contributed by atoms with Crippen LogP contribution in [0, 0.1) is 0 Å². The van der Waals surface area contributed by atoms with Gasteiger partial charge in [0.1, 0.15) is 6.54 Å². The third kappa shape index (κ3) is 12.2. The van der Waals surface area contributed by atoms with Crippen molar-refractivity contribution in [3.8, 4) is 0 Å². The Kier molecular flexibility index (Phi) is 17.3. The van der Waals surface area contributed by atoms with Crippen LogP contribution in [-0.2, 0) is 0 Å². The minimum absolute atomic E-state index is 0.280. The molecule has 1 rings (SSSR count). The van der Waals surface area contributed by atoms with Crippen LogP contribution in [0.2, 0.25) is 0 Å². The van der Waals surface area contributed by atoms with E-state index in [0.717, 1.165) is 24.0 Å². The van der Waals surface area contributed by atoms with Gasteiger partial charge in [0.15, 0.2) is 12.4 Å². The maximum Gasteiger partial charge on any atom is 0.189 e. The average Bonchev–Trinajstić information content (AvgIpc) is 3.19. The summed E-state index contributed by atoms with van der Waals surface area (Å²) in [6.45, 7) is 8.26. The molecule has 1 aliphatic heterocycles. The lowest BCUT2D eigenvalue weighted by molar-refractivity contribution is -0.976. The van der Waals surface area contributed by atoms with Crippen LogP contribution >= 0.6 is 0 Å². The maximum atomic E-state index is 10.2. The Morgan fingerprint density at radius 2 is 1.29 bits per heavy atom. The van der Waals surface area contributed by atoms with E-state index < -0.39 is 0 Å². The highest BCUT2D eigenvalue weighted by atomic mass is 16.3. The lowest BCUT2D eigenvalue weighted by Crippen LogP contribution is -2.57. The summed E-state index contributed by atoms with van der Waals surface area (Å²) in [4.78, 5) is 4.68. The molecule has 1 N–H and O–H groups in total. The van der Waals surface area contributed by atoms with E-state index in [4.69, 9.17) is 0 Å². The lowest BCUT2D eigenvalue weighted by Gasteiger charge is -2.40. The fourth-order valence-electron chi connectivity index (χ4n) is 5.02. The molecule has 0 spiro atoms. The van der Waals surface area contributed by atoms with E-state index in [-0.39, 0.29) is 12.4 Å². The normalized spacial score (nSPS) is 22.0. The number of nitrogens with zero attached hydrogens (tertiary/aromatic N) is 2. The van der Waals surface area contributed by atoms with Crippen molar-refractivity contribution >= 4 is 6.21 Å². The standard InChI is InChI=1S/C28H55N2O/c1-4-6-7-8-9-10-11-12-13-14-15-16-17-18-19-20-21-22-23-24-28-29-25-26-30(28,5-2)27(3)31/h14-15,25,27-28,31H,4-13,16-24,26H2,1-3H3/q+1/b15-14+. The number of rotatable bonds is 21. The average molecular weight is 436 g/mol. The number of aliphatic imine (C=N–C) groups is 1. The van der Waals surface area contributed by atoms with Gasteiger partial charge in [-0.05, 0) is 39.0 Å². The van der Waals surface area contributed by atoms with E-state index in [1.165, 1.54) is 109 Å². The fourth-order valence-corrected chi connectivity index (χ4v) is 5.02. The van der Waals surface area contributed by atoms with Crippen molar-refractivity contribution in [2.45, 2.75) is 149 Å². The topological polar surface area (TPSA) is 32.6 Å². The number of unbranched alkanes of at least 4 members (excludes halogenated alkanes) is 15. The number of allylic oxidation sites excluding steroid dienone is 2. The van der Waals surface area contributed by atoms with Gasteiger partial charge < -0.3 is 5.11 Å². The minimum atomic E-state index is -0.313. The van der Waals surface area contributed by atoms with Gasteiger partial charge in [0.25, 0.3) is 0 Å². The first-order chi connectivity index (χ1) is 15.2. The van der Waals surface area contributed by atoms with Crippen molar-refractivity contribution in [3.05, 3.63) is 12.2 Å². The van der Waals surface area contributed by atoms with Gasteiger partial charge in [-0.2, -0.15) is 0 Å². The van der Waals surface area contributed by atoms with Crippen LogP contribution in [0.15, 0.2) is 17.1 Å². The molecule has 1 heterocycles. The number of hydrogen-bond acceptors (Lipinski definition) is 2. The molecule has 0 amide bonds. The van der Waals surface area contributed by atoms with Crippen LogP contribution in [-0.4, -0.2) is 41.3 Å². The molecule has 182 valence electrons. The van der Waals surface area contributed by atoms with Gasteiger partial charge in [-0.25, -0.2) is 4.99 Å². The quantitative estimate of drug-likeness (QED) is 0.110. The van der Waals surface area contributed by atoms with Crippen LogP contribution in [0.5, 0.6) is 0 Å². The van der Waals surface area contributed by atoms with Crippen LogP contribution in [0.4, 0.5) is 0 Å². The first-order valence-electron chi connectivity index (χ1n) is 13.9. The Balaban J connectivity index is 1.85. The van der Waals surface area contributed by atoms with E-state index in [9.17, 15) is 5.11 Å². The lowest BCUT2D eigenvalue weighted by atomic mass is 10.1. The fraction of sp³-hybridized carbons (Fsp3) is 0.893. The molecule has 0 aromatic rings. The maximum absolute atomic E-state index is 10.2. The Morgan fingerprint density at radius 1 is 0.806 bits per heavy atom. The molecule has 3 heteroatoms. The van der Waals surface area contributed by atoms with Gasteiger partial charge >= 0.3 is 0 Å². The van der Waals surface area contributed by atoms with Crippen molar-refractivity contribution in [1.82, 2.24) is 0 Å². The number of aliphatic hydroxyl groups excluding tert-OH is 1. The van der Waals surface area contributed by atoms with Gasteiger partial charge in [0.2, 0.25) is 0 Å². The van der Waals surface area contributed by atoms with Crippen molar-refractivity contribution in [1.29, 1.82) is 0 Å². The van der Waals surface area contributed by atoms with Crippen molar-refractivity contribution in [2.75, 3.05) is 13.1 Å². The zero-order valence-corrected chi connectivity index (χ0v) is 21.4. The van der Waals surface area contributed by atoms with Gasteiger partial charge in [0, 0.05) is 13.3 Å². The van der Waals surface area contributed by atoms with Crippen molar-refractivity contribution < 1.29 is 9.59 Å². The Bertz CT molecular complexity index is 460. The summed E-state index contributed by atoms with van der Waals surface area (Å²) in [6, 6.07) is 0. The van der Waals surface area contributed by atoms with Crippen LogP contribution < -0.4 is 0 Å². The molecule has 0 fully saturated rings. The second-order valence-corrected chi connectivity index (χ2v) is 9.83. The van der Waals surface area contributed by atoms with Gasteiger partial charge in [-0.15, -0.1) is 0 Å². The molecule has 3 atom stereocenters. The Labute approximate surface area is 195 Å². The summed E-state index contributed by atoms with van der Waals surface area (Å²) >= 11 is 0. The highest BCUT2D eigenvalue weighted by molar-refractivity contribution is 5.60. The summed E-state index contributed by atoms with van der Waals surface area (Å²) < 4.78 is 0.743.